The van der Waals surface area contributed by atoms with Crippen molar-refractivity contribution in [2.24, 2.45) is 0 Å². The SMILES string of the molecule is COc1ccc(Cc2nccc(-c3cccc(C#N)c3)n2)cc1F. The molecule has 0 radical (unpaired) electrons. The third-order valence-electron chi connectivity index (χ3n) is 3.57. The van der Waals surface area contributed by atoms with Crippen LogP contribution >= 0.6 is 0 Å². The molecule has 0 unspecified atom stereocenters. The van der Waals surface area contributed by atoms with Gasteiger partial charge in [0.2, 0.25) is 0 Å². The van der Waals surface area contributed by atoms with Gasteiger partial charge in [0, 0.05) is 18.2 Å². The second-order valence-corrected chi connectivity index (χ2v) is 5.20. The molecular formula is C19H14FN3O. The molecule has 0 saturated carbocycles. The van der Waals surface area contributed by atoms with Gasteiger partial charge >= 0.3 is 0 Å². The van der Waals surface area contributed by atoms with Crippen molar-refractivity contribution < 1.29 is 9.13 Å². The van der Waals surface area contributed by atoms with Crippen LogP contribution in [0, 0.1) is 17.1 Å². The summed E-state index contributed by atoms with van der Waals surface area (Å²) < 4.78 is 18.7. The normalized spacial score (nSPS) is 10.2. The minimum atomic E-state index is -0.409. The number of hydrogen-bond donors (Lipinski definition) is 0. The van der Waals surface area contributed by atoms with Gasteiger partial charge in [-0.15, -0.1) is 0 Å². The Kier molecular flexibility index (Phi) is 4.48. The molecule has 2 aromatic carbocycles. The molecule has 24 heavy (non-hydrogen) atoms. The van der Waals surface area contributed by atoms with Gasteiger partial charge < -0.3 is 4.74 Å². The number of methoxy groups -OCH3 is 1. The second-order valence-electron chi connectivity index (χ2n) is 5.20. The largest absolute Gasteiger partial charge is 0.494 e. The van der Waals surface area contributed by atoms with Crippen molar-refractivity contribution in [2.75, 3.05) is 7.11 Å². The van der Waals surface area contributed by atoms with E-state index in [0.29, 0.717) is 17.8 Å². The summed E-state index contributed by atoms with van der Waals surface area (Å²) in [5, 5.41) is 9.00. The summed E-state index contributed by atoms with van der Waals surface area (Å²) in [6.45, 7) is 0. The van der Waals surface area contributed by atoms with Crippen LogP contribution in [0.1, 0.15) is 17.0 Å². The highest BCUT2D eigenvalue weighted by Crippen LogP contribution is 2.21. The summed E-state index contributed by atoms with van der Waals surface area (Å²) >= 11 is 0. The molecule has 0 aliphatic heterocycles. The Morgan fingerprint density at radius 3 is 2.79 bits per heavy atom. The Bertz CT molecular complexity index is 918. The van der Waals surface area contributed by atoms with Crippen LogP contribution in [-0.2, 0) is 6.42 Å². The van der Waals surface area contributed by atoms with Crippen LogP contribution in [0.5, 0.6) is 5.75 Å². The lowest BCUT2D eigenvalue weighted by Gasteiger charge is -2.06. The lowest BCUT2D eigenvalue weighted by Crippen LogP contribution is -1.99. The highest BCUT2D eigenvalue weighted by atomic mass is 19.1. The first-order valence-electron chi connectivity index (χ1n) is 7.34. The van der Waals surface area contributed by atoms with E-state index in [1.165, 1.54) is 13.2 Å². The van der Waals surface area contributed by atoms with Crippen LogP contribution in [-0.4, -0.2) is 17.1 Å². The van der Waals surface area contributed by atoms with Gasteiger partial charge in [0.05, 0.1) is 24.4 Å². The van der Waals surface area contributed by atoms with Gasteiger partial charge in [0.15, 0.2) is 11.6 Å². The van der Waals surface area contributed by atoms with Crippen LogP contribution in [0.3, 0.4) is 0 Å². The molecular weight excluding hydrogens is 305 g/mol. The van der Waals surface area contributed by atoms with E-state index in [-0.39, 0.29) is 5.75 Å². The minimum absolute atomic E-state index is 0.210. The van der Waals surface area contributed by atoms with Crippen molar-refractivity contribution >= 4 is 0 Å². The summed E-state index contributed by atoms with van der Waals surface area (Å²) in [7, 11) is 1.43. The van der Waals surface area contributed by atoms with E-state index >= 15 is 0 Å². The first kappa shape index (κ1) is 15.6. The molecule has 0 aliphatic rings. The molecule has 0 spiro atoms. The van der Waals surface area contributed by atoms with Crippen molar-refractivity contribution in [3.05, 3.63) is 77.5 Å². The zero-order chi connectivity index (χ0) is 16.9. The fourth-order valence-electron chi connectivity index (χ4n) is 2.40. The van der Waals surface area contributed by atoms with Crippen LogP contribution in [0.15, 0.2) is 54.7 Å². The molecule has 4 nitrogen and oxygen atoms in total. The number of aromatic nitrogens is 2. The zero-order valence-electron chi connectivity index (χ0n) is 13.0. The average Bonchev–Trinajstić information content (AvgIpc) is 2.62. The number of ether oxygens (including phenoxy) is 1. The molecule has 0 bridgehead atoms. The predicted octanol–water partition coefficient (Wildman–Crippen LogP) is 3.75. The van der Waals surface area contributed by atoms with E-state index in [1.54, 1.807) is 36.5 Å². The zero-order valence-corrected chi connectivity index (χ0v) is 13.0. The molecule has 3 rings (SSSR count). The average molecular weight is 319 g/mol. The highest BCUT2D eigenvalue weighted by molar-refractivity contribution is 5.61. The third-order valence-corrected chi connectivity index (χ3v) is 3.57. The van der Waals surface area contributed by atoms with Gasteiger partial charge in [-0.05, 0) is 35.9 Å². The molecule has 1 heterocycles. The van der Waals surface area contributed by atoms with Gasteiger partial charge in [-0.1, -0.05) is 18.2 Å². The van der Waals surface area contributed by atoms with Crippen molar-refractivity contribution in [3.63, 3.8) is 0 Å². The van der Waals surface area contributed by atoms with Crippen molar-refractivity contribution in [3.8, 4) is 23.1 Å². The summed E-state index contributed by atoms with van der Waals surface area (Å²) in [5.41, 5.74) is 2.91. The number of nitrogens with zero attached hydrogens (tertiary/aromatic N) is 3. The van der Waals surface area contributed by atoms with E-state index in [2.05, 4.69) is 16.0 Å². The lowest BCUT2D eigenvalue weighted by molar-refractivity contribution is 0.386. The monoisotopic (exact) mass is 319 g/mol. The maximum Gasteiger partial charge on any atom is 0.165 e. The van der Waals surface area contributed by atoms with Crippen molar-refractivity contribution in [1.82, 2.24) is 9.97 Å². The molecule has 0 N–H and O–H groups in total. The summed E-state index contributed by atoms with van der Waals surface area (Å²) in [4.78, 5) is 8.76. The molecule has 0 amide bonds. The molecule has 5 heteroatoms. The number of nitriles is 1. The predicted molar refractivity (Wildman–Crippen MR) is 87.9 cm³/mol. The van der Waals surface area contributed by atoms with E-state index in [9.17, 15) is 4.39 Å². The van der Waals surface area contributed by atoms with Crippen molar-refractivity contribution in [2.45, 2.75) is 6.42 Å². The van der Waals surface area contributed by atoms with Gasteiger partial charge in [0.1, 0.15) is 5.82 Å². The van der Waals surface area contributed by atoms with E-state index < -0.39 is 5.82 Å². The molecule has 0 atom stereocenters. The smallest absolute Gasteiger partial charge is 0.165 e. The number of rotatable bonds is 4. The number of halogens is 1. The summed E-state index contributed by atoms with van der Waals surface area (Å²) in [6, 6.07) is 15.9. The van der Waals surface area contributed by atoms with Crippen LogP contribution in [0.25, 0.3) is 11.3 Å². The topological polar surface area (TPSA) is 58.8 Å². The highest BCUT2D eigenvalue weighted by Gasteiger charge is 2.07. The van der Waals surface area contributed by atoms with Crippen molar-refractivity contribution in [1.29, 1.82) is 5.26 Å². The van der Waals surface area contributed by atoms with E-state index in [1.807, 2.05) is 12.1 Å². The Morgan fingerprint density at radius 2 is 2.04 bits per heavy atom. The summed E-state index contributed by atoms with van der Waals surface area (Å²) in [5.74, 6) is 0.383. The first-order chi connectivity index (χ1) is 11.7. The van der Waals surface area contributed by atoms with Crippen LogP contribution in [0.2, 0.25) is 0 Å². The Morgan fingerprint density at radius 1 is 1.17 bits per heavy atom. The van der Waals surface area contributed by atoms with E-state index in [4.69, 9.17) is 10.00 Å². The fourth-order valence-corrected chi connectivity index (χ4v) is 2.40. The van der Waals surface area contributed by atoms with Gasteiger partial charge in [-0.2, -0.15) is 5.26 Å². The fraction of sp³-hybridized carbons (Fsp3) is 0.105. The maximum atomic E-state index is 13.8. The van der Waals surface area contributed by atoms with Gasteiger partial charge in [-0.3, -0.25) is 0 Å². The van der Waals surface area contributed by atoms with Gasteiger partial charge in [0.25, 0.3) is 0 Å². The molecule has 118 valence electrons. The standard InChI is InChI=1S/C19H14FN3O/c1-24-18-6-5-13(10-16(18)20)11-19-22-8-7-17(23-19)15-4-2-3-14(9-15)12-21/h2-10H,11H2,1H3. The molecule has 0 saturated heterocycles. The van der Waals surface area contributed by atoms with Crippen LogP contribution in [0.4, 0.5) is 4.39 Å². The van der Waals surface area contributed by atoms with E-state index in [0.717, 1.165) is 16.8 Å². The Balaban J connectivity index is 1.88. The Labute approximate surface area is 139 Å². The lowest BCUT2D eigenvalue weighted by atomic mass is 10.1. The second kappa shape index (κ2) is 6.88. The summed E-state index contributed by atoms with van der Waals surface area (Å²) in [6.07, 6.45) is 2.07. The maximum absolute atomic E-state index is 13.8. The molecule has 0 aliphatic carbocycles. The minimum Gasteiger partial charge on any atom is -0.494 e. The molecule has 0 fully saturated rings. The quantitative estimate of drug-likeness (QED) is 0.735. The molecule has 3 aromatic rings. The third kappa shape index (κ3) is 3.39. The number of benzene rings is 2. The van der Waals surface area contributed by atoms with Crippen LogP contribution < -0.4 is 4.74 Å². The first-order valence-corrected chi connectivity index (χ1v) is 7.34. The molecule has 1 aromatic heterocycles. The van der Waals surface area contributed by atoms with Gasteiger partial charge in [-0.25, -0.2) is 14.4 Å². The number of hydrogen-bond acceptors (Lipinski definition) is 4. The Hall–Kier alpha value is -3.26.